The molecule has 1 aliphatic heterocycles. The highest BCUT2D eigenvalue weighted by molar-refractivity contribution is 6.31. The number of piperidine rings is 1. The van der Waals surface area contributed by atoms with Crippen molar-refractivity contribution in [2.24, 2.45) is 0 Å². The van der Waals surface area contributed by atoms with Crippen molar-refractivity contribution < 1.29 is 18.7 Å². The molecule has 1 aliphatic rings. The molecule has 0 bridgehead atoms. The van der Waals surface area contributed by atoms with E-state index in [0.717, 1.165) is 12.8 Å². The first-order valence-electron chi connectivity index (χ1n) is 11.0. The Morgan fingerprint density at radius 3 is 2.65 bits per heavy atom. The average molecular weight is 490 g/mol. The fraction of sp³-hybridized carbons (Fsp3) is 0.375. The van der Waals surface area contributed by atoms with Gasteiger partial charge in [-0.1, -0.05) is 17.7 Å². The molecule has 2 aromatic carbocycles. The van der Waals surface area contributed by atoms with E-state index in [1.165, 1.54) is 12.4 Å². The normalized spacial score (nSPS) is 13.9. The van der Waals surface area contributed by atoms with Gasteiger partial charge in [0.25, 0.3) is 0 Å². The minimum atomic E-state index is -0.549. The molecule has 2 N–H and O–H groups in total. The Balaban J connectivity index is 0.00000103. The van der Waals surface area contributed by atoms with Gasteiger partial charge in [0.05, 0.1) is 22.3 Å². The summed E-state index contributed by atoms with van der Waals surface area (Å²) in [6, 6.07) is 10.1. The van der Waals surface area contributed by atoms with Gasteiger partial charge in [-0.05, 0) is 57.3 Å². The maximum atomic E-state index is 14.3. The first-order chi connectivity index (χ1) is 16.4. The first kappa shape index (κ1) is 25.6. The average Bonchev–Trinajstić information content (AvgIpc) is 2.83. The van der Waals surface area contributed by atoms with Gasteiger partial charge < -0.3 is 25.0 Å². The van der Waals surface area contributed by atoms with Crippen LogP contribution in [0.25, 0.3) is 10.9 Å². The van der Waals surface area contributed by atoms with Gasteiger partial charge in [0.2, 0.25) is 5.91 Å². The fourth-order valence-corrected chi connectivity index (χ4v) is 3.66. The highest BCUT2D eigenvalue weighted by Gasteiger charge is 2.21. The van der Waals surface area contributed by atoms with Crippen LogP contribution in [-0.2, 0) is 9.53 Å². The molecule has 0 atom stereocenters. The van der Waals surface area contributed by atoms with Gasteiger partial charge in [0.1, 0.15) is 17.9 Å². The number of aromatic nitrogens is 2. The molecular weight excluding hydrogens is 461 g/mol. The quantitative estimate of drug-likeness (QED) is 0.497. The monoisotopic (exact) mass is 489 g/mol. The van der Waals surface area contributed by atoms with Gasteiger partial charge in [-0.2, -0.15) is 0 Å². The SMILES string of the molecule is CC(=O)N1CCC(OCOc2ccc3ncnc(Nc4cccc(Cl)c4F)c3c2)CC1.CNC. The van der Waals surface area contributed by atoms with Crippen LogP contribution in [0.3, 0.4) is 0 Å². The van der Waals surface area contributed by atoms with Crippen LogP contribution in [0, 0.1) is 5.82 Å². The van der Waals surface area contributed by atoms with Crippen molar-refractivity contribution in [1.29, 1.82) is 0 Å². The largest absolute Gasteiger partial charge is 0.468 e. The third-order valence-electron chi connectivity index (χ3n) is 5.23. The number of rotatable bonds is 6. The predicted octanol–water partition coefficient (Wildman–Crippen LogP) is 4.37. The molecule has 0 saturated carbocycles. The standard InChI is InChI=1S/C22H22ClFN4O3.C2H7N/c1-14(29)28-9-7-15(8-10-28)30-13-31-16-5-6-19-17(11-16)22(26-12-25-19)27-20-4-2-3-18(23)21(20)24;1-3-2/h2-6,11-12,15H,7-10,13H2,1H3,(H,25,26,27);3H,1-2H3. The second-order valence-electron chi connectivity index (χ2n) is 7.76. The Labute approximate surface area is 203 Å². The number of ether oxygens (including phenoxy) is 2. The van der Waals surface area contributed by atoms with Crippen molar-refractivity contribution in [2.75, 3.05) is 39.3 Å². The minimum Gasteiger partial charge on any atom is -0.468 e. The van der Waals surface area contributed by atoms with Crippen LogP contribution >= 0.6 is 11.6 Å². The Morgan fingerprint density at radius 2 is 1.94 bits per heavy atom. The number of nitrogens with one attached hydrogen (secondary N) is 2. The molecule has 0 spiro atoms. The molecule has 182 valence electrons. The smallest absolute Gasteiger partial charge is 0.219 e. The summed E-state index contributed by atoms with van der Waals surface area (Å²) in [4.78, 5) is 21.7. The van der Waals surface area contributed by atoms with E-state index < -0.39 is 5.82 Å². The summed E-state index contributed by atoms with van der Waals surface area (Å²) in [5.74, 6) is 0.565. The number of carbonyl (C=O) groups is 1. The van der Waals surface area contributed by atoms with Crippen LogP contribution in [0.1, 0.15) is 19.8 Å². The molecule has 1 fully saturated rings. The van der Waals surface area contributed by atoms with Crippen LogP contribution in [0.15, 0.2) is 42.7 Å². The molecule has 1 amide bonds. The molecule has 2 heterocycles. The lowest BCUT2D eigenvalue weighted by molar-refractivity contribution is -0.132. The Bertz CT molecular complexity index is 1110. The van der Waals surface area contributed by atoms with Crippen LogP contribution in [0.5, 0.6) is 5.75 Å². The lowest BCUT2D eigenvalue weighted by Crippen LogP contribution is -2.40. The molecule has 1 aromatic heterocycles. The molecule has 34 heavy (non-hydrogen) atoms. The van der Waals surface area contributed by atoms with Gasteiger partial charge in [0.15, 0.2) is 12.6 Å². The van der Waals surface area contributed by atoms with Gasteiger partial charge in [-0.3, -0.25) is 4.79 Å². The zero-order valence-electron chi connectivity index (χ0n) is 19.5. The summed E-state index contributed by atoms with van der Waals surface area (Å²) in [6.07, 6.45) is 3.04. The maximum absolute atomic E-state index is 14.3. The molecule has 3 aromatic rings. The van der Waals surface area contributed by atoms with Gasteiger partial charge in [-0.15, -0.1) is 0 Å². The maximum Gasteiger partial charge on any atom is 0.219 e. The molecule has 0 unspecified atom stereocenters. The summed E-state index contributed by atoms with van der Waals surface area (Å²) in [7, 11) is 3.75. The summed E-state index contributed by atoms with van der Waals surface area (Å²) < 4.78 is 25.8. The molecule has 10 heteroatoms. The van der Waals surface area contributed by atoms with E-state index in [2.05, 4.69) is 20.6 Å². The Kier molecular flexibility index (Phi) is 9.38. The van der Waals surface area contributed by atoms with E-state index in [0.29, 0.717) is 35.6 Å². The number of carbonyl (C=O) groups excluding carboxylic acids is 1. The topological polar surface area (TPSA) is 88.6 Å². The number of amides is 1. The van der Waals surface area contributed by atoms with Crippen molar-refractivity contribution in [3.05, 3.63) is 53.6 Å². The molecule has 0 aliphatic carbocycles. The van der Waals surface area contributed by atoms with Crippen molar-refractivity contribution in [3.63, 3.8) is 0 Å². The van der Waals surface area contributed by atoms with E-state index in [4.69, 9.17) is 21.1 Å². The predicted molar refractivity (Wildman–Crippen MR) is 131 cm³/mol. The van der Waals surface area contributed by atoms with Crippen molar-refractivity contribution in [2.45, 2.75) is 25.9 Å². The number of likely N-dealkylation sites (tertiary alicyclic amines) is 1. The Hall–Kier alpha value is -3.01. The number of halogens is 2. The van der Waals surface area contributed by atoms with Crippen LogP contribution in [0.4, 0.5) is 15.9 Å². The number of hydrogen-bond donors (Lipinski definition) is 2. The third kappa shape index (κ3) is 6.75. The van der Waals surface area contributed by atoms with E-state index in [9.17, 15) is 9.18 Å². The first-order valence-corrected chi connectivity index (χ1v) is 11.3. The second kappa shape index (κ2) is 12.5. The van der Waals surface area contributed by atoms with Gasteiger partial charge in [0, 0.05) is 25.4 Å². The van der Waals surface area contributed by atoms with E-state index >= 15 is 0 Å². The molecule has 8 nitrogen and oxygen atoms in total. The summed E-state index contributed by atoms with van der Waals surface area (Å²) in [5, 5.41) is 6.43. The Morgan fingerprint density at radius 1 is 1.21 bits per heavy atom. The number of nitrogens with zero attached hydrogens (tertiary/aromatic N) is 3. The lowest BCUT2D eigenvalue weighted by atomic mass is 10.1. The van der Waals surface area contributed by atoms with Gasteiger partial charge >= 0.3 is 0 Å². The number of benzene rings is 2. The zero-order chi connectivity index (χ0) is 24.5. The zero-order valence-corrected chi connectivity index (χ0v) is 20.2. The summed E-state index contributed by atoms with van der Waals surface area (Å²) in [5.41, 5.74) is 0.906. The van der Waals surface area contributed by atoms with E-state index in [1.54, 1.807) is 37.3 Å². The van der Waals surface area contributed by atoms with Crippen LogP contribution < -0.4 is 15.4 Å². The highest BCUT2D eigenvalue weighted by atomic mass is 35.5. The van der Waals surface area contributed by atoms with Crippen molar-refractivity contribution in [1.82, 2.24) is 20.2 Å². The van der Waals surface area contributed by atoms with E-state index in [1.807, 2.05) is 19.0 Å². The number of anilines is 2. The minimum absolute atomic E-state index is 0.0265. The number of fused-ring (bicyclic) bond motifs is 1. The molecule has 0 radical (unpaired) electrons. The van der Waals surface area contributed by atoms with Crippen LogP contribution in [-0.4, -0.2) is 60.9 Å². The number of hydrogen-bond acceptors (Lipinski definition) is 7. The van der Waals surface area contributed by atoms with Crippen molar-refractivity contribution in [3.8, 4) is 5.75 Å². The molecule has 4 rings (SSSR count). The third-order valence-corrected chi connectivity index (χ3v) is 5.52. The van der Waals surface area contributed by atoms with E-state index in [-0.39, 0.29) is 29.5 Å². The lowest BCUT2D eigenvalue weighted by Gasteiger charge is -2.31. The molecule has 1 saturated heterocycles. The summed E-state index contributed by atoms with van der Waals surface area (Å²) in [6.45, 7) is 3.07. The van der Waals surface area contributed by atoms with Crippen LogP contribution in [0.2, 0.25) is 5.02 Å². The van der Waals surface area contributed by atoms with Gasteiger partial charge in [-0.25, -0.2) is 14.4 Å². The highest BCUT2D eigenvalue weighted by Crippen LogP contribution is 2.29. The second-order valence-corrected chi connectivity index (χ2v) is 8.17. The van der Waals surface area contributed by atoms with Crippen molar-refractivity contribution >= 4 is 39.9 Å². The fourth-order valence-electron chi connectivity index (χ4n) is 3.49. The summed E-state index contributed by atoms with van der Waals surface area (Å²) >= 11 is 5.87. The molecular formula is C24H29ClFN5O3.